The van der Waals surface area contributed by atoms with E-state index in [1.165, 1.54) is 0 Å². The molecule has 2 aromatic rings. The van der Waals surface area contributed by atoms with Gasteiger partial charge in [-0.05, 0) is 29.8 Å². The van der Waals surface area contributed by atoms with Crippen LogP contribution in [-0.2, 0) is 0 Å². The number of halogens is 1. The van der Waals surface area contributed by atoms with Gasteiger partial charge >= 0.3 is 0 Å². The lowest BCUT2D eigenvalue weighted by atomic mass is 10.0. The van der Waals surface area contributed by atoms with E-state index >= 15 is 0 Å². The Balaban J connectivity index is 2.17. The summed E-state index contributed by atoms with van der Waals surface area (Å²) in [5.41, 5.74) is 1.86. The monoisotopic (exact) mass is 296 g/mol. The maximum Gasteiger partial charge on any atom is 0.180 e. The minimum atomic E-state index is -0.271. The molecule has 1 N–H and O–H groups in total. The number of hydrogen-bond donors (Lipinski definition) is 1. The number of aryl methyl sites for hydroxylation is 1. The predicted molar refractivity (Wildman–Crippen MR) is 68.2 cm³/mol. The van der Waals surface area contributed by atoms with Crippen molar-refractivity contribution in [3.05, 3.63) is 22.7 Å². The van der Waals surface area contributed by atoms with Crippen molar-refractivity contribution in [3.8, 4) is 0 Å². The molecule has 3 heterocycles. The van der Waals surface area contributed by atoms with E-state index in [-0.39, 0.29) is 12.1 Å². The molecule has 5 nitrogen and oxygen atoms in total. The van der Waals surface area contributed by atoms with Gasteiger partial charge in [0.15, 0.2) is 11.5 Å². The third-order valence-corrected chi connectivity index (χ3v) is 4.16. The summed E-state index contributed by atoms with van der Waals surface area (Å²) in [6, 6.07) is 0.0950. The van der Waals surface area contributed by atoms with Gasteiger partial charge in [0.1, 0.15) is 4.60 Å². The number of aliphatic hydroxyl groups excluding tert-OH is 1. The van der Waals surface area contributed by atoms with Gasteiger partial charge in [-0.25, -0.2) is 9.97 Å². The van der Waals surface area contributed by atoms with Crippen molar-refractivity contribution in [3.63, 3.8) is 0 Å². The molecule has 17 heavy (non-hydrogen) atoms. The van der Waals surface area contributed by atoms with Crippen molar-refractivity contribution in [2.24, 2.45) is 0 Å². The Hall–Kier alpha value is -1.14. The molecule has 1 saturated heterocycles. The topological polar surface area (TPSA) is 53.7 Å². The largest absolute Gasteiger partial charge is 0.389 e. The van der Waals surface area contributed by atoms with Crippen molar-refractivity contribution >= 4 is 27.4 Å². The van der Waals surface area contributed by atoms with E-state index < -0.39 is 0 Å². The van der Waals surface area contributed by atoms with Crippen molar-refractivity contribution in [1.29, 1.82) is 0 Å². The number of β-amino-alcohol motifs (C(OH)–C–C–N with tert-alkyl or cyclic N) is 1. The molecule has 90 valence electrons. The highest BCUT2D eigenvalue weighted by molar-refractivity contribution is 9.10. The van der Waals surface area contributed by atoms with Gasteiger partial charge in [0.25, 0.3) is 0 Å². The molecule has 0 amide bonds. The van der Waals surface area contributed by atoms with Crippen LogP contribution in [0.15, 0.2) is 17.0 Å². The van der Waals surface area contributed by atoms with Crippen LogP contribution in [0, 0.1) is 6.92 Å². The molecule has 0 bridgehead atoms. The molecule has 0 aliphatic carbocycles. The van der Waals surface area contributed by atoms with Crippen LogP contribution in [0.2, 0.25) is 0 Å². The highest BCUT2D eigenvalue weighted by atomic mass is 79.9. The average molecular weight is 297 g/mol. The second-order valence-corrected chi connectivity index (χ2v) is 5.14. The molecular weight excluding hydrogens is 284 g/mol. The molecule has 0 saturated carbocycles. The molecule has 0 unspecified atom stereocenters. The lowest BCUT2D eigenvalue weighted by Gasteiger charge is -2.44. The Labute approximate surface area is 107 Å². The number of aromatic nitrogens is 3. The smallest absolute Gasteiger partial charge is 0.180 e. The number of nitrogens with zero attached hydrogens (tertiary/aromatic N) is 4. The molecule has 1 fully saturated rings. The van der Waals surface area contributed by atoms with Gasteiger partial charge in [-0.15, -0.1) is 0 Å². The van der Waals surface area contributed by atoms with E-state index in [0.29, 0.717) is 6.54 Å². The molecular formula is C11H13BrN4O. The lowest BCUT2D eigenvalue weighted by molar-refractivity contribution is 0.0988. The van der Waals surface area contributed by atoms with Gasteiger partial charge in [-0.1, -0.05) is 0 Å². The van der Waals surface area contributed by atoms with Crippen molar-refractivity contribution in [2.45, 2.75) is 26.0 Å². The Kier molecular flexibility index (Phi) is 2.38. The zero-order chi connectivity index (χ0) is 12.2. The molecule has 2 atom stereocenters. The highest BCUT2D eigenvalue weighted by Crippen LogP contribution is 2.30. The number of fused-ring (bicyclic) bond motifs is 1. The minimum Gasteiger partial charge on any atom is -0.389 e. The summed E-state index contributed by atoms with van der Waals surface area (Å²) in [7, 11) is 0. The third kappa shape index (κ3) is 1.47. The summed E-state index contributed by atoms with van der Waals surface area (Å²) in [4.78, 5) is 10.9. The summed E-state index contributed by atoms with van der Waals surface area (Å²) < 4.78 is 2.82. The molecule has 1 aliphatic rings. The molecule has 0 radical (unpaired) electrons. The average Bonchev–Trinajstić information content (AvgIpc) is 2.80. The van der Waals surface area contributed by atoms with E-state index in [2.05, 4.69) is 30.8 Å². The first-order valence-electron chi connectivity index (χ1n) is 5.53. The van der Waals surface area contributed by atoms with Crippen LogP contribution >= 0.6 is 15.9 Å². The summed E-state index contributed by atoms with van der Waals surface area (Å²) in [5.74, 6) is 0.824. The van der Waals surface area contributed by atoms with Crippen LogP contribution in [0.25, 0.3) is 5.65 Å². The van der Waals surface area contributed by atoms with E-state index in [4.69, 9.17) is 0 Å². The molecule has 1 aliphatic heterocycles. The van der Waals surface area contributed by atoms with Crippen LogP contribution in [0.1, 0.15) is 12.6 Å². The van der Waals surface area contributed by atoms with Gasteiger partial charge in [0.2, 0.25) is 0 Å². The lowest BCUT2D eigenvalue weighted by Crippen LogP contribution is -2.59. The first-order valence-corrected chi connectivity index (χ1v) is 6.32. The van der Waals surface area contributed by atoms with Crippen LogP contribution in [-0.4, -0.2) is 38.2 Å². The highest BCUT2D eigenvalue weighted by Gasteiger charge is 2.36. The Morgan fingerprint density at radius 3 is 2.94 bits per heavy atom. The van der Waals surface area contributed by atoms with Gasteiger partial charge in [0.05, 0.1) is 17.8 Å². The number of aliphatic hydroxyl groups is 1. The van der Waals surface area contributed by atoms with E-state index in [1.54, 1.807) is 6.20 Å². The standard InChI is InChI=1S/C11H13BrN4O/c1-6-8(17)5-16(6)11-10-13-3-4-15(10)7(2)9(12)14-11/h3-4,6,8,17H,5H2,1-2H3/t6-,8+/m0/s1. The number of imidazole rings is 1. The molecule has 0 spiro atoms. The molecule has 2 aromatic heterocycles. The summed E-state index contributed by atoms with van der Waals surface area (Å²) in [6.45, 7) is 4.60. The molecule has 0 aromatic carbocycles. The third-order valence-electron chi connectivity index (χ3n) is 3.41. The Morgan fingerprint density at radius 1 is 1.53 bits per heavy atom. The fraction of sp³-hybridized carbons (Fsp3) is 0.455. The first-order chi connectivity index (χ1) is 8.09. The summed E-state index contributed by atoms with van der Waals surface area (Å²) in [6.07, 6.45) is 3.41. The Morgan fingerprint density at radius 2 is 2.29 bits per heavy atom. The van der Waals surface area contributed by atoms with Crippen molar-refractivity contribution in [1.82, 2.24) is 14.4 Å². The van der Waals surface area contributed by atoms with Gasteiger partial charge in [-0.2, -0.15) is 0 Å². The van der Waals surface area contributed by atoms with Gasteiger partial charge in [0, 0.05) is 18.9 Å². The number of anilines is 1. The molecule has 6 heteroatoms. The Bertz CT molecular complexity index is 582. The van der Waals surface area contributed by atoms with Crippen molar-refractivity contribution in [2.75, 3.05) is 11.4 Å². The van der Waals surface area contributed by atoms with Gasteiger partial charge < -0.3 is 10.0 Å². The van der Waals surface area contributed by atoms with E-state index in [0.717, 1.165) is 21.8 Å². The number of hydrogen-bond acceptors (Lipinski definition) is 4. The fourth-order valence-electron chi connectivity index (χ4n) is 2.12. The second-order valence-electron chi connectivity index (χ2n) is 4.39. The van der Waals surface area contributed by atoms with Crippen LogP contribution in [0.4, 0.5) is 5.82 Å². The predicted octanol–water partition coefficient (Wildman–Crippen LogP) is 1.37. The minimum absolute atomic E-state index is 0.0950. The summed E-state index contributed by atoms with van der Waals surface area (Å²) >= 11 is 3.46. The first kappa shape index (κ1) is 11.0. The van der Waals surface area contributed by atoms with Crippen molar-refractivity contribution < 1.29 is 5.11 Å². The second kappa shape index (κ2) is 3.68. The zero-order valence-electron chi connectivity index (χ0n) is 9.63. The molecule has 3 rings (SSSR count). The summed E-state index contributed by atoms with van der Waals surface area (Å²) in [5, 5.41) is 9.59. The van der Waals surface area contributed by atoms with E-state index in [1.807, 2.05) is 24.4 Å². The zero-order valence-corrected chi connectivity index (χ0v) is 11.2. The normalized spacial score (nSPS) is 24.1. The maximum atomic E-state index is 9.59. The van der Waals surface area contributed by atoms with Gasteiger partial charge in [-0.3, -0.25) is 4.40 Å². The fourth-order valence-corrected chi connectivity index (χ4v) is 2.48. The number of rotatable bonds is 1. The quantitative estimate of drug-likeness (QED) is 0.864. The van der Waals surface area contributed by atoms with E-state index in [9.17, 15) is 5.11 Å². The van der Waals surface area contributed by atoms with Crippen LogP contribution in [0.3, 0.4) is 0 Å². The maximum absolute atomic E-state index is 9.59. The van der Waals surface area contributed by atoms with Crippen LogP contribution in [0.5, 0.6) is 0 Å². The van der Waals surface area contributed by atoms with Crippen LogP contribution < -0.4 is 4.90 Å². The SMILES string of the molecule is Cc1c(Br)nc(N2C[C@@H](O)[C@@H]2C)c2nccn12.